The fourth-order valence-electron chi connectivity index (χ4n) is 2.12. The van der Waals surface area contributed by atoms with E-state index in [-0.39, 0.29) is 0 Å². The molecule has 1 unspecified atom stereocenters. The van der Waals surface area contributed by atoms with Gasteiger partial charge in [0.25, 0.3) is 0 Å². The molecule has 1 aliphatic rings. The van der Waals surface area contributed by atoms with Crippen molar-refractivity contribution >= 4 is 5.82 Å². The number of nitrogens with one attached hydrogen (secondary N) is 1. The third-order valence-electron chi connectivity index (χ3n) is 3.11. The normalized spacial score (nSPS) is 20.0. The minimum atomic E-state index is 0.557. The number of aromatic nitrogens is 2. The Morgan fingerprint density at radius 1 is 1.47 bits per heavy atom. The van der Waals surface area contributed by atoms with Crippen molar-refractivity contribution in [1.82, 2.24) is 15.3 Å². The van der Waals surface area contributed by atoms with Crippen molar-refractivity contribution in [2.75, 3.05) is 32.1 Å². The molecule has 0 aliphatic carbocycles. The van der Waals surface area contributed by atoms with Crippen molar-refractivity contribution in [1.29, 1.82) is 0 Å². The number of rotatable bonds is 4. The number of hydrogen-bond donors (Lipinski definition) is 1. The van der Waals surface area contributed by atoms with Crippen LogP contribution in [0.1, 0.15) is 19.3 Å². The smallest absolute Gasteiger partial charge is 0.233 e. The summed E-state index contributed by atoms with van der Waals surface area (Å²) in [6, 6.07) is 0.557. The maximum Gasteiger partial charge on any atom is 0.233 e. The molecule has 0 spiro atoms. The number of hydrogen-bond acceptors (Lipinski definition) is 5. The van der Waals surface area contributed by atoms with E-state index in [0.29, 0.717) is 11.9 Å². The Morgan fingerprint density at radius 2 is 2.35 bits per heavy atom. The highest BCUT2D eigenvalue weighted by molar-refractivity contribution is 5.36. The first kappa shape index (κ1) is 12.1. The highest BCUT2D eigenvalue weighted by Gasteiger charge is 2.15. The molecule has 5 nitrogen and oxygen atoms in total. The second kappa shape index (κ2) is 5.82. The molecule has 1 aliphatic heterocycles. The van der Waals surface area contributed by atoms with Gasteiger partial charge in [0.2, 0.25) is 5.88 Å². The summed E-state index contributed by atoms with van der Waals surface area (Å²) in [6.45, 7) is 2.09. The van der Waals surface area contributed by atoms with Crippen molar-refractivity contribution in [3.8, 4) is 5.88 Å². The molecule has 1 aromatic heterocycles. The van der Waals surface area contributed by atoms with Gasteiger partial charge in [0.1, 0.15) is 0 Å². The molecule has 0 radical (unpaired) electrons. The summed E-state index contributed by atoms with van der Waals surface area (Å²) >= 11 is 0. The lowest BCUT2D eigenvalue weighted by Gasteiger charge is -2.28. The van der Waals surface area contributed by atoms with Crippen LogP contribution in [0.25, 0.3) is 0 Å². The molecule has 17 heavy (non-hydrogen) atoms. The first-order chi connectivity index (χ1) is 8.29. The molecule has 1 N–H and O–H groups in total. The van der Waals surface area contributed by atoms with Crippen LogP contribution in [0.3, 0.4) is 0 Å². The van der Waals surface area contributed by atoms with Gasteiger partial charge in [-0.05, 0) is 19.4 Å². The second-order valence-corrected chi connectivity index (χ2v) is 4.45. The molecule has 1 atom stereocenters. The lowest BCUT2D eigenvalue weighted by Crippen LogP contribution is -2.42. The Kier molecular flexibility index (Phi) is 4.14. The van der Waals surface area contributed by atoms with Crippen LogP contribution in [0.5, 0.6) is 5.88 Å². The van der Waals surface area contributed by atoms with E-state index in [4.69, 9.17) is 4.74 Å². The zero-order chi connectivity index (χ0) is 12.1. The minimum Gasteiger partial charge on any atom is -0.480 e. The van der Waals surface area contributed by atoms with E-state index in [1.54, 1.807) is 19.5 Å². The van der Waals surface area contributed by atoms with Crippen LogP contribution in [0, 0.1) is 0 Å². The Morgan fingerprint density at radius 3 is 3.06 bits per heavy atom. The zero-order valence-corrected chi connectivity index (χ0v) is 10.5. The van der Waals surface area contributed by atoms with Gasteiger partial charge in [-0.2, -0.15) is 4.98 Å². The monoisotopic (exact) mass is 236 g/mol. The molecule has 5 heteroatoms. The number of anilines is 1. The first-order valence-corrected chi connectivity index (χ1v) is 6.10. The summed E-state index contributed by atoms with van der Waals surface area (Å²) in [5, 5.41) is 3.53. The second-order valence-electron chi connectivity index (χ2n) is 4.45. The molecule has 0 saturated carbocycles. The van der Waals surface area contributed by atoms with Crippen molar-refractivity contribution in [2.45, 2.75) is 25.3 Å². The fraction of sp³-hybridized carbons (Fsp3) is 0.667. The molecule has 1 aromatic rings. The zero-order valence-electron chi connectivity index (χ0n) is 10.5. The lowest BCUT2D eigenvalue weighted by molar-refractivity contribution is 0.392. The SMILES string of the molecule is COc1cncc(N(C)CC2CCCCN2)n1. The highest BCUT2D eigenvalue weighted by Crippen LogP contribution is 2.14. The highest BCUT2D eigenvalue weighted by atomic mass is 16.5. The van der Waals surface area contributed by atoms with Crippen LogP contribution in [0.15, 0.2) is 12.4 Å². The molecular formula is C12H20N4O. The summed E-state index contributed by atoms with van der Waals surface area (Å²) < 4.78 is 5.08. The fourth-order valence-corrected chi connectivity index (χ4v) is 2.12. The molecule has 94 valence electrons. The number of piperidine rings is 1. The maximum atomic E-state index is 5.08. The topological polar surface area (TPSA) is 50.3 Å². The molecule has 2 heterocycles. The minimum absolute atomic E-state index is 0.557. The van der Waals surface area contributed by atoms with E-state index >= 15 is 0 Å². The first-order valence-electron chi connectivity index (χ1n) is 6.10. The quantitative estimate of drug-likeness (QED) is 0.847. The molecule has 0 aromatic carbocycles. The van der Waals surface area contributed by atoms with Crippen molar-refractivity contribution in [3.05, 3.63) is 12.4 Å². The predicted molar refractivity (Wildman–Crippen MR) is 67.5 cm³/mol. The van der Waals surface area contributed by atoms with E-state index in [1.165, 1.54) is 19.3 Å². The Bertz CT molecular complexity index is 352. The third-order valence-corrected chi connectivity index (χ3v) is 3.11. The molecular weight excluding hydrogens is 216 g/mol. The van der Waals surface area contributed by atoms with Gasteiger partial charge in [0, 0.05) is 19.6 Å². The number of likely N-dealkylation sites (N-methyl/N-ethyl adjacent to an activating group) is 1. The van der Waals surface area contributed by atoms with Crippen molar-refractivity contribution in [3.63, 3.8) is 0 Å². The summed E-state index contributed by atoms with van der Waals surface area (Å²) in [4.78, 5) is 10.6. The van der Waals surface area contributed by atoms with E-state index in [1.807, 2.05) is 7.05 Å². The molecule has 0 bridgehead atoms. The molecule has 1 saturated heterocycles. The van der Waals surface area contributed by atoms with Gasteiger partial charge in [-0.25, -0.2) is 0 Å². The van der Waals surface area contributed by atoms with Gasteiger partial charge in [-0.1, -0.05) is 6.42 Å². The average Bonchev–Trinajstić information content (AvgIpc) is 2.40. The van der Waals surface area contributed by atoms with Crippen LogP contribution in [-0.2, 0) is 0 Å². The van der Waals surface area contributed by atoms with Crippen LogP contribution >= 0.6 is 0 Å². The standard InChI is InChI=1S/C12H20N4O/c1-16(9-10-5-3-4-6-14-10)11-7-13-8-12(15-11)17-2/h7-8,10,14H,3-6,9H2,1-2H3. The Labute approximate surface area is 102 Å². The largest absolute Gasteiger partial charge is 0.480 e. The number of nitrogens with zero attached hydrogens (tertiary/aromatic N) is 3. The van der Waals surface area contributed by atoms with E-state index in [9.17, 15) is 0 Å². The van der Waals surface area contributed by atoms with Crippen LogP contribution in [0.4, 0.5) is 5.82 Å². The summed E-state index contributed by atoms with van der Waals surface area (Å²) in [7, 11) is 3.65. The van der Waals surface area contributed by atoms with Gasteiger partial charge in [0.15, 0.2) is 5.82 Å². The van der Waals surface area contributed by atoms with Gasteiger partial charge in [-0.3, -0.25) is 4.98 Å². The number of methoxy groups -OCH3 is 1. The molecule has 0 amide bonds. The molecule has 2 rings (SSSR count). The number of ether oxygens (including phenoxy) is 1. The summed E-state index contributed by atoms with van der Waals surface area (Å²) in [6.07, 6.45) is 7.23. The maximum absolute atomic E-state index is 5.08. The molecule has 1 fully saturated rings. The van der Waals surface area contributed by atoms with E-state index in [2.05, 4.69) is 20.2 Å². The third kappa shape index (κ3) is 3.30. The van der Waals surface area contributed by atoms with E-state index in [0.717, 1.165) is 18.9 Å². The van der Waals surface area contributed by atoms with E-state index < -0.39 is 0 Å². The Balaban J connectivity index is 1.95. The van der Waals surface area contributed by atoms with Gasteiger partial charge < -0.3 is 15.0 Å². The van der Waals surface area contributed by atoms with Crippen molar-refractivity contribution in [2.24, 2.45) is 0 Å². The van der Waals surface area contributed by atoms with Gasteiger partial charge in [0.05, 0.1) is 19.5 Å². The predicted octanol–water partition coefficient (Wildman–Crippen LogP) is 1.06. The lowest BCUT2D eigenvalue weighted by atomic mass is 10.0. The average molecular weight is 236 g/mol. The van der Waals surface area contributed by atoms with Crippen LogP contribution in [0.2, 0.25) is 0 Å². The van der Waals surface area contributed by atoms with Crippen molar-refractivity contribution < 1.29 is 4.74 Å². The van der Waals surface area contributed by atoms with Gasteiger partial charge >= 0.3 is 0 Å². The van der Waals surface area contributed by atoms with Gasteiger partial charge in [-0.15, -0.1) is 0 Å². The van der Waals surface area contributed by atoms with Crippen LogP contribution < -0.4 is 15.0 Å². The van der Waals surface area contributed by atoms with Crippen LogP contribution in [-0.4, -0.2) is 43.3 Å². The summed E-state index contributed by atoms with van der Waals surface area (Å²) in [5.41, 5.74) is 0. The Hall–Kier alpha value is -1.36. The summed E-state index contributed by atoms with van der Waals surface area (Å²) in [5.74, 6) is 1.42.